The third kappa shape index (κ3) is 2.20. The molecule has 2 amide bonds. The van der Waals surface area contributed by atoms with Gasteiger partial charge in [-0.3, -0.25) is 9.59 Å². The van der Waals surface area contributed by atoms with Crippen LogP contribution in [0.5, 0.6) is 0 Å². The van der Waals surface area contributed by atoms with Crippen molar-refractivity contribution in [3.05, 3.63) is 0 Å². The van der Waals surface area contributed by atoms with E-state index in [-0.39, 0.29) is 18.9 Å². The molecule has 1 aliphatic rings. The van der Waals surface area contributed by atoms with Gasteiger partial charge in [-0.05, 0) is 12.8 Å². The number of hydrogen-bond donors (Lipinski definition) is 3. The summed E-state index contributed by atoms with van der Waals surface area (Å²) in [6.07, 6.45) is 1.63. The quantitative estimate of drug-likeness (QED) is 0.478. The molecule has 1 fully saturated rings. The topological polar surface area (TPSA) is 98.2 Å². The summed E-state index contributed by atoms with van der Waals surface area (Å²) in [7, 11) is 0. The normalized spacial score (nSPS) is 18.4. The maximum atomic E-state index is 11.1. The predicted octanol–water partition coefficient (Wildman–Crippen LogP) is -1.53. The van der Waals surface area contributed by atoms with E-state index < -0.39 is 11.4 Å². The number of hydrogen-bond acceptors (Lipinski definition) is 3. The van der Waals surface area contributed by atoms with Crippen LogP contribution in [0.1, 0.15) is 19.3 Å². The molecule has 0 radical (unpaired) electrons. The van der Waals surface area contributed by atoms with Gasteiger partial charge in [-0.25, -0.2) is 0 Å². The van der Waals surface area contributed by atoms with Crippen LogP contribution < -0.4 is 16.8 Å². The second kappa shape index (κ2) is 3.10. The lowest BCUT2D eigenvalue weighted by molar-refractivity contribution is -0.123. The van der Waals surface area contributed by atoms with E-state index >= 15 is 0 Å². The Balaban J connectivity index is 2.15. The van der Waals surface area contributed by atoms with E-state index in [1.807, 2.05) is 0 Å². The molecule has 0 atom stereocenters. The molecule has 68 valence electrons. The van der Waals surface area contributed by atoms with E-state index in [1.54, 1.807) is 0 Å². The van der Waals surface area contributed by atoms with Crippen molar-refractivity contribution >= 4 is 11.8 Å². The van der Waals surface area contributed by atoms with Crippen molar-refractivity contribution in [1.82, 2.24) is 5.32 Å². The first-order valence-corrected chi connectivity index (χ1v) is 3.90. The molecular weight excluding hydrogens is 158 g/mol. The number of carbonyl (C=O) groups excluding carboxylic acids is 2. The van der Waals surface area contributed by atoms with Gasteiger partial charge in [0.25, 0.3) is 0 Å². The average molecular weight is 171 g/mol. The fourth-order valence-corrected chi connectivity index (χ4v) is 0.837. The number of primary amides is 1. The van der Waals surface area contributed by atoms with Crippen molar-refractivity contribution in [1.29, 1.82) is 0 Å². The summed E-state index contributed by atoms with van der Waals surface area (Å²) >= 11 is 0. The van der Waals surface area contributed by atoms with Gasteiger partial charge < -0.3 is 16.8 Å². The molecule has 0 heterocycles. The summed E-state index contributed by atoms with van der Waals surface area (Å²) < 4.78 is 0. The average Bonchev–Trinajstić information content (AvgIpc) is 2.68. The minimum absolute atomic E-state index is 0.168. The zero-order valence-electron chi connectivity index (χ0n) is 6.80. The molecule has 0 unspecified atom stereocenters. The van der Waals surface area contributed by atoms with Gasteiger partial charge in [-0.1, -0.05) is 0 Å². The SMILES string of the molecule is NC(=O)CCNC(=O)C1(N)CC1. The van der Waals surface area contributed by atoms with Crippen LogP contribution >= 0.6 is 0 Å². The van der Waals surface area contributed by atoms with Crippen LogP contribution in [0.15, 0.2) is 0 Å². The van der Waals surface area contributed by atoms with Crippen LogP contribution in [-0.4, -0.2) is 23.9 Å². The Morgan fingerprint density at radius 3 is 2.42 bits per heavy atom. The lowest BCUT2D eigenvalue weighted by Crippen LogP contribution is -2.43. The zero-order valence-corrected chi connectivity index (χ0v) is 6.80. The lowest BCUT2D eigenvalue weighted by atomic mass is 10.2. The highest BCUT2D eigenvalue weighted by Gasteiger charge is 2.45. The number of nitrogens with two attached hydrogens (primary N) is 2. The Labute approximate surface area is 70.5 Å². The van der Waals surface area contributed by atoms with Gasteiger partial charge in [-0.2, -0.15) is 0 Å². The van der Waals surface area contributed by atoms with Gasteiger partial charge in [0.05, 0.1) is 5.54 Å². The van der Waals surface area contributed by atoms with Crippen molar-refractivity contribution in [2.45, 2.75) is 24.8 Å². The van der Waals surface area contributed by atoms with Gasteiger partial charge >= 0.3 is 0 Å². The number of amides is 2. The third-order valence-corrected chi connectivity index (χ3v) is 1.90. The summed E-state index contributed by atoms with van der Waals surface area (Å²) in [5, 5.41) is 2.55. The maximum Gasteiger partial charge on any atom is 0.240 e. The monoisotopic (exact) mass is 171 g/mol. The summed E-state index contributed by atoms with van der Waals surface area (Å²) in [4.78, 5) is 21.4. The molecule has 0 aromatic carbocycles. The van der Waals surface area contributed by atoms with E-state index in [2.05, 4.69) is 5.32 Å². The summed E-state index contributed by atoms with van der Waals surface area (Å²) in [5.74, 6) is -0.596. The van der Waals surface area contributed by atoms with Crippen molar-refractivity contribution < 1.29 is 9.59 Å². The Morgan fingerprint density at radius 2 is 2.00 bits per heavy atom. The number of carbonyl (C=O) groups is 2. The van der Waals surface area contributed by atoms with E-state index in [0.29, 0.717) is 0 Å². The molecule has 0 bridgehead atoms. The highest BCUT2D eigenvalue weighted by Crippen LogP contribution is 2.31. The molecule has 0 aliphatic heterocycles. The van der Waals surface area contributed by atoms with Crippen molar-refractivity contribution in [2.24, 2.45) is 11.5 Å². The third-order valence-electron chi connectivity index (χ3n) is 1.90. The van der Waals surface area contributed by atoms with E-state index in [0.717, 1.165) is 12.8 Å². The second-order valence-corrected chi connectivity index (χ2v) is 3.13. The van der Waals surface area contributed by atoms with Crippen molar-refractivity contribution in [2.75, 3.05) is 6.54 Å². The van der Waals surface area contributed by atoms with Gasteiger partial charge in [0.2, 0.25) is 11.8 Å². The number of nitrogens with one attached hydrogen (secondary N) is 1. The summed E-state index contributed by atoms with van der Waals surface area (Å²) in [6.45, 7) is 0.285. The van der Waals surface area contributed by atoms with Crippen LogP contribution in [0.3, 0.4) is 0 Å². The van der Waals surface area contributed by atoms with Crippen molar-refractivity contribution in [3.8, 4) is 0 Å². The van der Waals surface area contributed by atoms with E-state index in [1.165, 1.54) is 0 Å². The van der Waals surface area contributed by atoms with Crippen LogP contribution in [-0.2, 0) is 9.59 Å². The van der Waals surface area contributed by atoms with Gasteiger partial charge in [0, 0.05) is 13.0 Å². The standard InChI is InChI=1S/C7H13N3O2/c8-5(11)1-4-10-6(12)7(9)2-3-7/h1-4,9H2,(H2,8,11)(H,10,12). The van der Waals surface area contributed by atoms with Crippen LogP contribution in [0.25, 0.3) is 0 Å². The minimum atomic E-state index is -0.655. The van der Waals surface area contributed by atoms with E-state index in [9.17, 15) is 9.59 Å². The molecule has 12 heavy (non-hydrogen) atoms. The van der Waals surface area contributed by atoms with Crippen molar-refractivity contribution in [3.63, 3.8) is 0 Å². The smallest absolute Gasteiger partial charge is 0.240 e. The highest BCUT2D eigenvalue weighted by molar-refractivity contribution is 5.89. The van der Waals surface area contributed by atoms with Crippen LogP contribution in [0.2, 0.25) is 0 Å². The van der Waals surface area contributed by atoms with Gasteiger partial charge in [0.1, 0.15) is 0 Å². The lowest BCUT2D eigenvalue weighted by Gasteiger charge is -2.08. The maximum absolute atomic E-state index is 11.1. The molecule has 0 saturated heterocycles. The predicted molar refractivity (Wildman–Crippen MR) is 43.0 cm³/mol. The minimum Gasteiger partial charge on any atom is -0.370 e. The molecule has 1 rings (SSSR count). The molecule has 1 aliphatic carbocycles. The molecule has 0 aromatic rings. The van der Waals surface area contributed by atoms with Crippen LogP contribution in [0, 0.1) is 0 Å². The molecule has 1 saturated carbocycles. The fraction of sp³-hybridized carbons (Fsp3) is 0.714. The zero-order chi connectivity index (χ0) is 9.19. The molecule has 5 nitrogen and oxygen atoms in total. The number of rotatable bonds is 4. The summed E-state index contributed by atoms with van der Waals surface area (Å²) in [6, 6.07) is 0. The fourth-order valence-electron chi connectivity index (χ4n) is 0.837. The first kappa shape index (κ1) is 8.99. The molecule has 0 aromatic heterocycles. The Morgan fingerprint density at radius 1 is 1.42 bits per heavy atom. The Bertz CT molecular complexity index is 211. The Kier molecular flexibility index (Phi) is 2.32. The molecule has 5 N–H and O–H groups in total. The Hall–Kier alpha value is -1.10. The highest BCUT2D eigenvalue weighted by atomic mass is 16.2. The first-order chi connectivity index (χ1) is 5.54. The second-order valence-electron chi connectivity index (χ2n) is 3.13. The first-order valence-electron chi connectivity index (χ1n) is 3.90. The van der Waals surface area contributed by atoms with Gasteiger partial charge in [0.15, 0.2) is 0 Å². The van der Waals surface area contributed by atoms with Crippen LogP contribution in [0.4, 0.5) is 0 Å². The van der Waals surface area contributed by atoms with Gasteiger partial charge in [-0.15, -0.1) is 0 Å². The molecule has 5 heteroatoms. The summed E-state index contributed by atoms with van der Waals surface area (Å²) in [5.41, 5.74) is 9.81. The van der Waals surface area contributed by atoms with E-state index in [4.69, 9.17) is 11.5 Å². The largest absolute Gasteiger partial charge is 0.370 e. The molecular formula is C7H13N3O2. The molecule has 0 spiro atoms.